The lowest BCUT2D eigenvalue weighted by Gasteiger charge is -2.10. The average molecular weight is 524 g/mol. The van der Waals surface area contributed by atoms with Crippen molar-refractivity contribution in [3.63, 3.8) is 0 Å². The Morgan fingerprint density at radius 1 is 0.974 bits per heavy atom. The zero-order valence-corrected chi connectivity index (χ0v) is 21.3. The van der Waals surface area contributed by atoms with E-state index in [9.17, 15) is 14.9 Å². The molecule has 3 aromatic heterocycles. The molecule has 5 aromatic rings. The zero-order valence-electron chi connectivity index (χ0n) is 21.3. The Labute approximate surface area is 223 Å². The molecule has 196 valence electrons. The third-order valence-electron chi connectivity index (χ3n) is 6.11. The second-order valence-electron chi connectivity index (χ2n) is 8.78. The van der Waals surface area contributed by atoms with Crippen molar-refractivity contribution >= 4 is 17.8 Å². The molecule has 0 bridgehead atoms. The van der Waals surface area contributed by atoms with Crippen LogP contribution in [-0.2, 0) is 6.61 Å². The summed E-state index contributed by atoms with van der Waals surface area (Å²) in [5.74, 6) is 0.778. The molecule has 0 fully saturated rings. The van der Waals surface area contributed by atoms with Crippen LogP contribution in [0.1, 0.15) is 33.4 Å². The van der Waals surface area contributed by atoms with Crippen LogP contribution < -0.4 is 10.2 Å². The number of carbonyl (C=O) groups is 1. The second-order valence-corrected chi connectivity index (χ2v) is 8.78. The molecule has 0 aliphatic rings. The number of ether oxygens (including phenoxy) is 1. The number of nitro groups is 1. The van der Waals surface area contributed by atoms with E-state index < -0.39 is 10.8 Å². The number of furan rings is 1. The van der Waals surface area contributed by atoms with Gasteiger partial charge in [0.15, 0.2) is 5.76 Å². The van der Waals surface area contributed by atoms with Crippen molar-refractivity contribution in [3.05, 3.63) is 130 Å². The second kappa shape index (κ2) is 10.9. The lowest BCUT2D eigenvalue weighted by Crippen LogP contribution is -2.17. The van der Waals surface area contributed by atoms with E-state index in [1.807, 2.05) is 24.3 Å². The Bertz CT molecular complexity index is 1620. The lowest BCUT2D eigenvalue weighted by molar-refractivity contribution is -0.384. The highest BCUT2D eigenvalue weighted by Crippen LogP contribution is 2.21. The average Bonchev–Trinajstić information content (AvgIpc) is 3.68. The van der Waals surface area contributed by atoms with Gasteiger partial charge in [-0.15, -0.1) is 0 Å². The van der Waals surface area contributed by atoms with Gasteiger partial charge in [0.05, 0.1) is 16.8 Å². The molecule has 5 rings (SSSR count). The summed E-state index contributed by atoms with van der Waals surface area (Å²) in [7, 11) is 0. The number of nitro benzene ring substituents is 1. The van der Waals surface area contributed by atoms with Crippen LogP contribution in [0.15, 0.2) is 101 Å². The number of aromatic nitrogens is 2. The normalized spacial score (nSPS) is 11.1. The van der Waals surface area contributed by atoms with Crippen molar-refractivity contribution in [1.82, 2.24) is 14.6 Å². The number of nitrogens with one attached hydrogen (secondary N) is 1. The van der Waals surface area contributed by atoms with Gasteiger partial charge in [-0.3, -0.25) is 14.9 Å². The third-order valence-corrected chi connectivity index (χ3v) is 6.11. The third kappa shape index (κ3) is 5.64. The molecule has 0 aliphatic heterocycles. The quantitative estimate of drug-likeness (QED) is 0.150. The number of non-ortho nitro benzene ring substituents is 1. The molecule has 2 aromatic carbocycles. The molecule has 0 radical (unpaired) electrons. The topological polar surface area (TPSA) is 117 Å². The Morgan fingerprint density at radius 3 is 2.36 bits per heavy atom. The lowest BCUT2D eigenvalue weighted by atomic mass is 10.3. The van der Waals surface area contributed by atoms with Gasteiger partial charge in [-0.1, -0.05) is 0 Å². The highest BCUT2D eigenvalue weighted by atomic mass is 16.6. The van der Waals surface area contributed by atoms with Gasteiger partial charge in [0.1, 0.15) is 18.1 Å². The van der Waals surface area contributed by atoms with Crippen molar-refractivity contribution in [2.75, 3.05) is 0 Å². The van der Waals surface area contributed by atoms with E-state index in [0.29, 0.717) is 17.2 Å². The predicted octanol–water partition coefficient (Wildman–Crippen LogP) is 5.73. The van der Waals surface area contributed by atoms with Crippen molar-refractivity contribution in [2.24, 2.45) is 5.10 Å². The summed E-state index contributed by atoms with van der Waals surface area (Å²) in [4.78, 5) is 22.9. The van der Waals surface area contributed by atoms with Crippen LogP contribution in [0.4, 0.5) is 5.69 Å². The van der Waals surface area contributed by atoms with Gasteiger partial charge in [0.2, 0.25) is 0 Å². The van der Waals surface area contributed by atoms with Crippen molar-refractivity contribution in [3.8, 4) is 17.1 Å². The van der Waals surface area contributed by atoms with E-state index >= 15 is 0 Å². The van der Waals surface area contributed by atoms with Crippen molar-refractivity contribution < 1.29 is 18.9 Å². The summed E-state index contributed by atoms with van der Waals surface area (Å²) in [6.07, 6.45) is 3.27. The van der Waals surface area contributed by atoms with Crippen LogP contribution >= 0.6 is 0 Å². The highest BCUT2D eigenvalue weighted by molar-refractivity contribution is 5.92. The molecule has 3 heterocycles. The summed E-state index contributed by atoms with van der Waals surface area (Å²) >= 11 is 0. The minimum atomic E-state index is -0.507. The Morgan fingerprint density at radius 2 is 1.67 bits per heavy atom. The predicted molar refractivity (Wildman–Crippen MR) is 146 cm³/mol. The fourth-order valence-electron chi connectivity index (χ4n) is 4.18. The molecule has 39 heavy (non-hydrogen) atoms. The fraction of sp³-hybridized carbons (Fsp3) is 0.103. The maximum Gasteiger partial charge on any atom is 0.307 e. The molecular formula is C29H25N5O5. The molecule has 0 saturated heterocycles. The number of hydrogen-bond donors (Lipinski definition) is 1. The fourth-order valence-corrected chi connectivity index (χ4v) is 4.18. The number of carbonyl (C=O) groups excluding carboxylic acids is 1. The number of hydrogen-bond acceptors (Lipinski definition) is 6. The van der Waals surface area contributed by atoms with E-state index in [2.05, 4.69) is 41.1 Å². The van der Waals surface area contributed by atoms with Crippen LogP contribution in [0, 0.1) is 24.0 Å². The van der Waals surface area contributed by atoms with Crippen LogP contribution in [-0.4, -0.2) is 26.2 Å². The first-order chi connectivity index (χ1) is 18.9. The van der Waals surface area contributed by atoms with Gasteiger partial charge >= 0.3 is 5.91 Å². The monoisotopic (exact) mass is 523 g/mol. The van der Waals surface area contributed by atoms with E-state index in [-0.39, 0.29) is 18.1 Å². The van der Waals surface area contributed by atoms with E-state index in [4.69, 9.17) is 9.15 Å². The zero-order chi connectivity index (χ0) is 27.4. The van der Waals surface area contributed by atoms with Gasteiger partial charge in [0.25, 0.3) is 5.69 Å². The molecule has 10 nitrogen and oxygen atoms in total. The maximum absolute atomic E-state index is 12.5. The first-order valence-corrected chi connectivity index (χ1v) is 12.1. The SMILES string of the molecule is Cc1ccc(C)n1-c1ccc(OCc2ccc(C(=O)N/N=C/c3cccn3-c3ccc([N+](=O)[O-])cc3)o2)cc1. The van der Waals surface area contributed by atoms with Gasteiger partial charge < -0.3 is 18.3 Å². The minimum Gasteiger partial charge on any atom is -0.486 e. The Hall–Kier alpha value is -5.38. The number of amides is 1. The van der Waals surface area contributed by atoms with Crippen LogP contribution in [0.25, 0.3) is 11.4 Å². The number of nitrogens with zero attached hydrogens (tertiary/aromatic N) is 4. The number of aryl methyl sites for hydroxylation is 2. The van der Waals surface area contributed by atoms with Gasteiger partial charge in [-0.25, -0.2) is 5.43 Å². The molecule has 1 N–H and O–H groups in total. The maximum atomic E-state index is 12.5. The minimum absolute atomic E-state index is 0.00694. The van der Waals surface area contributed by atoms with E-state index in [1.54, 1.807) is 47.2 Å². The van der Waals surface area contributed by atoms with Crippen LogP contribution in [0.5, 0.6) is 5.75 Å². The van der Waals surface area contributed by atoms with Crippen molar-refractivity contribution in [2.45, 2.75) is 20.5 Å². The molecule has 0 atom stereocenters. The molecule has 1 amide bonds. The molecule has 0 spiro atoms. The van der Waals surface area contributed by atoms with E-state index in [0.717, 1.165) is 22.8 Å². The van der Waals surface area contributed by atoms with Crippen LogP contribution in [0.2, 0.25) is 0 Å². The largest absolute Gasteiger partial charge is 0.486 e. The summed E-state index contributed by atoms with van der Waals surface area (Å²) in [5, 5.41) is 14.9. The molecule has 0 unspecified atom stereocenters. The van der Waals surface area contributed by atoms with E-state index in [1.165, 1.54) is 18.3 Å². The van der Waals surface area contributed by atoms with Gasteiger partial charge in [-0.05, 0) is 86.6 Å². The van der Waals surface area contributed by atoms with Crippen molar-refractivity contribution in [1.29, 1.82) is 0 Å². The Kier molecular flexibility index (Phi) is 7.09. The first-order valence-electron chi connectivity index (χ1n) is 12.1. The number of rotatable bonds is 9. The summed E-state index contributed by atoms with van der Waals surface area (Å²) in [6.45, 7) is 4.29. The highest BCUT2D eigenvalue weighted by Gasteiger charge is 2.12. The summed E-state index contributed by atoms with van der Waals surface area (Å²) in [6, 6.07) is 24.9. The number of hydrazone groups is 1. The summed E-state index contributed by atoms with van der Waals surface area (Å²) in [5.41, 5.74) is 7.22. The molecule has 0 saturated carbocycles. The molecular weight excluding hydrogens is 498 g/mol. The van der Waals surface area contributed by atoms with Gasteiger partial charge in [0, 0.05) is 41.1 Å². The van der Waals surface area contributed by atoms with Gasteiger partial charge in [-0.2, -0.15) is 5.10 Å². The summed E-state index contributed by atoms with van der Waals surface area (Å²) < 4.78 is 15.4. The molecule has 10 heteroatoms. The molecule has 0 aliphatic carbocycles. The smallest absolute Gasteiger partial charge is 0.307 e. The Balaban J connectivity index is 1.16. The first kappa shape index (κ1) is 25.3. The standard InChI is InChI=1S/C29H25N5O5/c1-20-5-6-21(2)33(20)23-11-13-26(14-12-23)38-19-27-15-16-28(39-27)29(35)31-30-18-25-4-3-17-32(25)22-7-9-24(10-8-22)34(36)37/h3-18H,19H2,1-2H3,(H,31,35)/b30-18+. The van der Waals surface area contributed by atoms with Crippen LogP contribution in [0.3, 0.4) is 0 Å². The number of benzene rings is 2.